The van der Waals surface area contributed by atoms with Gasteiger partial charge in [0.25, 0.3) is 5.91 Å². The highest BCUT2D eigenvalue weighted by Gasteiger charge is 2.24. The number of benzene rings is 3. The average Bonchev–Trinajstić information content (AvgIpc) is 2.86. The number of nitrogens with zero attached hydrogens (tertiary/aromatic N) is 1. The number of hydrogen-bond donors (Lipinski definition) is 3. The molecule has 1 aliphatic rings. The number of nitrogens with one attached hydrogen (secondary N) is 3. The molecule has 1 heterocycles. The molecule has 6 nitrogen and oxygen atoms in total. The second-order valence-electron chi connectivity index (χ2n) is 9.54. The summed E-state index contributed by atoms with van der Waals surface area (Å²) >= 11 is 0. The Bertz CT molecular complexity index is 1190. The Hall–Kier alpha value is -3.87. The fourth-order valence-electron chi connectivity index (χ4n) is 4.58. The number of urea groups is 1. The van der Waals surface area contributed by atoms with Gasteiger partial charge in [0, 0.05) is 30.5 Å². The van der Waals surface area contributed by atoms with E-state index in [1.165, 1.54) is 17.7 Å². The van der Waals surface area contributed by atoms with Crippen molar-refractivity contribution in [3.05, 3.63) is 89.7 Å². The number of halogens is 1. The van der Waals surface area contributed by atoms with Gasteiger partial charge in [0.2, 0.25) is 0 Å². The Balaban J connectivity index is 1.47. The van der Waals surface area contributed by atoms with E-state index in [4.69, 9.17) is 0 Å². The van der Waals surface area contributed by atoms with Crippen molar-refractivity contribution in [1.29, 1.82) is 0 Å². The maximum Gasteiger partial charge on any atom is 0.323 e. The molecule has 188 valence electrons. The van der Waals surface area contributed by atoms with Gasteiger partial charge < -0.3 is 20.9 Å². The van der Waals surface area contributed by atoms with Crippen molar-refractivity contribution in [3.8, 4) is 0 Å². The molecule has 0 radical (unpaired) electrons. The van der Waals surface area contributed by atoms with E-state index in [-0.39, 0.29) is 17.6 Å². The molecule has 0 saturated carbocycles. The third-order valence-electron chi connectivity index (χ3n) is 6.36. The van der Waals surface area contributed by atoms with Crippen LogP contribution in [0.5, 0.6) is 0 Å². The SMILES string of the molecule is CC(C)NC(=O)c1cc(NC(=O)Nc2ccccc2F)ccc1N1CCC(Cc2ccccc2)CC1. The molecule has 1 aliphatic heterocycles. The average molecular weight is 489 g/mol. The highest BCUT2D eigenvalue weighted by Crippen LogP contribution is 2.30. The maximum absolute atomic E-state index is 13.9. The van der Waals surface area contributed by atoms with Crippen LogP contribution >= 0.6 is 0 Å². The normalized spacial score (nSPS) is 13.9. The minimum Gasteiger partial charge on any atom is -0.371 e. The van der Waals surface area contributed by atoms with Crippen LogP contribution in [-0.4, -0.2) is 31.1 Å². The lowest BCUT2D eigenvalue weighted by atomic mass is 9.89. The van der Waals surface area contributed by atoms with Gasteiger partial charge in [-0.15, -0.1) is 0 Å². The van der Waals surface area contributed by atoms with Gasteiger partial charge in [-0.1, -0.05) is 42.5 Å². The van der Waals surface area contributed by atoms with Crippen molar-refractivity contribution >= 4 is 29.0 Å². The lowest BCUT2D eigenvalue weighted by molar-refractivity contribution is 0.0943. The molecule has 36 heavy (non-hydrogen) atoms. The fourth-order valence-corrected chi connectivity index (χ4v) is 4.58. The monoisotopic (exact) mass is 488 g/mol. The minimum absolute atomic E-state index is 0.0251. The van der Waals surface area contributed by atoms with E-state index in [2.05, 4.69) is 45.1 Å². The first kappa shape index (κ1) is 25.2. The van der Waals surface area contributed by atoms with E-state index >= 15 is 0 Å². The number of para-hydroxylation sites is 1. The number of hydrogen-bond acceptors (Lipinski definition) is 3. The first-order chi connectivity index (χ1) is 17.4. The zero-order valence-electron chi connectivity index (χ0n) is 20.8. The van der Waals surface area contributed by atoms with Crippen molar-refractivity contribution in [2.75, 3.05) is 28.6 Å². The summed E-state index contributed by atoms with van der Waals surface area (Å²) in [6.07, 6.45) is 3.16. The third-order valence-corrected chi connectivity index (χ3v) is 6.36. The summed E-state index contributed by atoms with van der Waals surface area (Å²) in [5.41, 5.74) is 3.26. The first-order valence-electron chi connectivity index (χ1n) is 12.5. The smallest absolute Gasteiger partial charge is 0.323 e. The van der Waals surface area contributed by atoms with Crippen LogP contribution in [0.2, 0.25) is 0 Å². The van der Waals surface area contributed by atoms with Gasteiger partial charge >= 0.3 is 6.03 Å². The highest BCUT2D eigenvalue weighted by molar-refractivity contribution is 6.04. The van der Waals surface area contributed by atoms with Crippen LogP contribution in [0.4, 0.5) is 26.2 Å². The lowest BCUT2D eigenvalue weighted by Gasteiger charge is -2.35. The molecular weight excluding hydrogens is 455 g/mol. The van der Waals surface area contributed by atoms with E-state index in [0.29, 0.717) is 17.2 Å². The Morgan fingerprint density at radius 3 is 2.33 bits per heavy atom. The largest absolute Gasteiger partial charge is 0.371 e. The summed E-state index contributed by atoms with van der Waals surface area (Å²) in [4.78, 5) is 27.8. The molecule has 3 aromatic carbocycles. The number of anilines is 3. The zero-order chi connectivity index (χ0) is 25.5. The summed E-state index contributed by atoms with van der Waals surface area (Å²) in [5.74, 6) is -0.0974. The Morgan fingerprint density at radius 2 is 1.64 bits per heavy atom. The van der Waals surface area contributed by atoms with Crippen molar-refractivity contribution in [3.63, 3.8) is 0 Å². The highest BCUT2D eigenvalue weighted by atomic mass is 19.1. The maximum atomic E-state index is 13.9. The van der Waals surface area contributed by atoms with Crippen molar-refractivity contribution < 1.29 is 14.0 Å². The number of amides is 3. The molecule has 0 aliphatic carbocycles. The van der Waals surface area contributed by atoms with Crippen LogP contribution in [0.1, 0.15) is 42.6 Å². The van der Waals surface area contributed by atoms with Gasteiger partial charge in [0.05, 0.1) is 11.3 Å². The van der Waals surface area contributed by atoms with E-state index in [1.807, 2.05) is 26.0 Å². The topological polar surface area (TPSA) is 73.5 Å². The van der Waals surface area contributed by atoms with E-state index < -0.39 is 11.8 Å². The standard InChI is InChI=1S/C29H33FN4O2/c1-20(2)31-28(35)24-19-23(32-29(36)33-26-11-7-6-10-25(26)30)12-13-27(24)34-16-14-22(15-17-34)18-21-8-4-3-5-9-21/h3-13,19-20,22H,14-18H2,1-2H3,(H,31,35)(H2,32,33,36). The second-order valence-corrected chi connectivity index (χ2v) is 9.54. The van der Waals surface area contributed by atoms with Gasteiger partial charge in [0.1, 0.15) is 5.82 Å². The third kappa shape index (κ3) is 6.62. The van der Waals surface area contributed by atoms with E-state index in [9.17, 15) is 14.0 Å². The van der Waals surface area contributed by atoms with E-state index in [0.717, 1.165) is 38.0 Å². The molecule has 0 aromatic heterocycles. The van der Waals surface area contributed by atoms with Gasteiger partial charge in [0.15, 0.2) is 0 Å². The molecule has 4 rings (SSSR count). The Labute approximate surface area is 211 Å². The molecule has 3 amide bonds. The van der Waals surface area contributed by atoms with Crippen molar-refractivity contribution in [2.24, 2.45) is 5.92 Å². The van der Waals surface area contributed by atoms with Gasteiger partial charge in [-0.05, 0) is 74.9 Å². The molecule has 0 atom stereocenters. The van der Waals surface area contributed by atoms with Crippen LogP contribution in [0.15, 0.2) is 72.8 Å². The first-order valence-corrected chi connectivity index (χ1v) is 12.5. The van der Waals surface area contributed by atoms with Gasteiger partial charge in [-0.25, -0.2) is 9.18 Å². The van der Waals surface area contributed by atoms with Crippen LogP contribution < -0.4 is 20.9 Å². The summed E-state index contributed by atoms with van der Waals surface area (Å²) in [7, 11) is 0. The van der Waals surface area contributed by atoms with Crippen LogP contribution in [0.25, 0.3) is 0 Å². The molecule has 7 heteroatoms. The summed E-state index contributed by atoms with van der Waals surface area (Å²) in [6.45, 7) is 5.55. The molecule has 0 spiro atoms. The molecule has 0 bridgehead atoms. The number of carbonyl (C=O) groups excluding carboxylic acids is 2. The Morgan fingerprint density at radius 1 is 0.944 bits per heavy atom. The zero-order valence-corrected chi connectivity index (χ0v) is 20.8. The minimum atomic E-state index is -0.579. The summed E-state index contributed by atoms with van der Waals surface area (Å²) in [6, 6.07) is 21.3. The molecule has 3 N–H and O–H groups in total. The Kier molecular flexibility index (Phi) is 8.21. The molecular formula is C29H33FN4O2. The number of carbonyl (C=O) groups is 2. The van der Waals surface area contributed by atoms with Gasteiger partial charge in [-0.2, -0.15) is 0 Å². The lowest BCUT2D eigenvalue weighted by Crippen LogP contribution is -2.37. The second kappa shape index (κ2) is 11.7. The molecule has 3 aromatic rings. The number of piperidine rings is 1. The predicted octanol–water partition coefficient (Wildman–Crippen LogP) is 6.07. The molecule has 1 saturated heterocycles. The van der Waals surface area contributed by atoms with Gasteiger partial charge in [-0.3, -0.25) is 4.79 Å². The van der Waals surface area contributed by atoms with Crippen LogP contribution in [0.3, 0.4) is 0 Å². The van der Waals surface area contributed by atoms with Crippen LogP contribution in [-0.2, 0) is 6.42 Å². The molecule has 1 fully saturated rings. The van der Waals surface area contributed by atoms with Crippen molar-refractivity contribution in [1.82, 2.24) is 5.32 Å². The van der Waals surface area contributed by atoms with E-state index in [1.54, 1.807) is 24.3 Å². The van der Waals surface area contributed by atoms with Crippen LogP contribution in [0, 0.1) is 11.7 Å². The number of rotatable bonds is 7. The van der Waals surface area contributed by atoms with Crippen molar-refractivity contribution in [2.45, 2.75) is 39.2 Å². The molecule has 0 unspecified atom stereocenters. The quantitative estimate of drug-likeness (QED) is 0.378. The summed E-state index contributed by atoms with van der Waals surface area (Å²) < 4.78 is 13.9. The fraction of sp³-hybridized carbons (Fsp3) is 0.310. The summed E-state index contributed by atoms with van der Waals surface area (Å²) in [5, 5.41) is 8.19. The predicted molar refractivity (Wildman–Crippen MR) is 143 cm³/mol.